The first kappa shape index (κ1) is 13.7. The molecular weight excluding hydrogens is 262 g/mol. The highest BCUT2D eigenvalue weighted by molar-refractivity contribution is 6.32. The van der Waals surface area contributed by atoms with E-state index in [9.17, 15) is 10.2 Å². The minimum Gasteiger partial charge on any atom is -0.508 e. The summed E-state index contributed by atoms with van der Waals surface area (Å²) in [5, 5.41) is 22.5. The van der Waals surface area contributed by atoms with Gasteiger partial charge in [0.25, 0.3) is 0 Å². The van der Waals surface area contributed by atoms with Gasteiger partial charge < -0.3 is 15.5 Å². The Hall–Kier alpha value is -1.71. The van der Waals surface area contributed by atoms with Crippen molar-refractivity contribution in [3.8, 4) is 11.5 Å². The SMILES string of the molecule is CC(NCc1ccc(O)c(Cl)c1)c1cccc(O)c1. The van der Waals surface area contributed by atoms with Crippen LogP contribution in [0.2, 0.25) is 5.02 Å². The highest BCUT2D eigenvalue weighted by Crippen LogP contribution is 2.24. The second kappa shape index (κ2) is 5.95. The topological polar surface area (TPSA) is 52.5 Å². The zero-order chi connectivity index (χ0) is 13.8. The first-order valence-electron chi connectivity index (χ1n) is 6.06. The van der Waals surface area contributed by atoms with Gasteiger partial charge in [-0.3, -0.25) is 0 Å². The average Bonchev–Trinajstić information content (AvgIpc) is 2.40. The number of halogens is 1. The summed E-state index contributed by atoms with van der Waals surface area (Å²) in [4.78, 5) is 0. The van der Waals surface area contributed by atoms with E-state index in [1.807, 2.05) is 25.1 Å². The normalized spacial score (nSPS) is 12.3. The molecular formula is C15H16ClNO2. The van der Waals surface area contributed by atoms with E-state index in [1.165, 1.54) is 0 Å². The molecule has 0 heterocycles. The highest BCUT2D eigenvalue weighted by atomic mass is 35.5. The van der Waals surface area contributed by atoms with Crippen molar-refractivity contribution in [3.63, 3.8) is 0 Å². The third-order valence-electron chi connectivity index (χ3n) is 2.99. The molecule has 0 saturated carbocycles. The smallest absolute Gasteiger partial charge is 0.134 e. The minimum atomic E-state index is 0.0893. The van der Waals surface area contributed by atoms with Crippen molar-refractivity contribution >= 4 is 11.6 Å². The summed E-state index contributed by atoms with van der Waals surface area (Å²) in [5.41, 5.74) is 2.01. The van der Waals surface area contributed by atoms with Crippen LogP contribution in [0.4, 0.5) is 0 Å². The van der Waals surface area contributed by atoms with Gasteiger partial charge in [-0.25, -0.2) is 0 Å². The molecule has 19 heavy (non-hydrogen) atoms. The van der Waals surface area contributed by atoms with E-state index in [-0.39, 0.29) is 17.5 Å². The van der Waals surface area contributed by atoms with E-state index in [0.717, 1.165) is 11.1 Å². The van der Waals surface area contributed by atoms with Crippen LogP contribution in [0, 0.1) is 0 Å². The molecule has 0 spiro atoms. The van der Waals surface area contributed by atoms with Crippen LogP contribution in [0.5, 0.6) is 11.5 Å². The predicted molar refractivity (Wildman–Crippen MR) is 76.5 cm³/mol. The monoisotopic (exact) mass is 277 g/mol. The molecule has 100 valence electrons. The fraction of sp³-hybridized carbons (Fsp3) is 0.200. The Morgan fingerprint density at radius 1 is 1.16 bits per heavy atom. The van der Waals surface area contributed by atoms with Crippen LogP contribution in [0.3, 0.4) is 0 Å². The second-order valence-electron chi connectivity index (χ2n) is 4.48. The quantitative estimate of drug-likeness (QED) is 0.800. The molecule has 1 atom stereocenters. The Labute approximate surface area is 117 Å². The second-order valence-corrected chi connectivity index (χ2v) is 4.89. The van der Waals surface area contributed by atoms with Crippen molar-refractivity contribution < 1.29 is 10.2 Å². The van der Waals surface area contributed by atoms with Gasteiger partial charge in [0, 0.05) is 12.6 Å². The zero-order valence-corrected chi connectivity index (χ0v) is 11.4. The summed E-state index contributed by atoms with van der Waals surface area (Å²) in [6, 6.07) is 12.4. The Balaban J connectivity index is 2.00. The standard InChI is InChI=1S/C15H16ClNO2/c1-10(12-3-2-4-13(18)8-12)17-9-11-5-6-15(19)14(16)7-11/h2-8,10,17-19H,9H2,1H3. The molecule has 0 aliphatic carbocycles. The van der Waals surface area contributed by atoms with Gasteiger partial charge in [-0.1, -0.05) is 29.8 Å². The fourth-order valence-corrected chi connectivity index (χ4v) is 2.05. The molecule has 0 saturated heterocycles. The van der Waals surface area contributed by atoms with E-state index in [0.29, 0.717) is 11.6 Å². The summed E-state index contributed by atoms with van der Waals surface area (Å²) in [6.45, 7) is 2.66. The molecule has 2 rings (SSSR count). The first-order chi connectivity index (χ1) is 9.06. The molecule has 0 aliphatic heterocycles. The number of phenolic OH excluding ortho intramolecular Hbond substituents is 2. The van der Waals surface area contributed by atoms with E-state index in [2.05, 4.69) is 5.32 Å². The van der Waals surface area contributed by atoms with Crippen molar-refractivity contribution in [2.45, 2.75) is 19.5 Å². The van der Waals surface area contributed by atoms with E-state index in [4.69, 9.17) is 11.6 Å². The summed E-state index contributed by atoms with van der Waals surface area (Å²) in [6.07, 6.45) is 0. The molecule has 0 bridgehead atoms. The lowest BCUT2D eigenvalue weighted by Gasteiger charge is -2.14. The van der Waals surface area contributed by atoms with Crippen LogP contribution in [0.25, 0.3) is 0 Å². The van der Waals surface area contributed by atoms with E-state index in [1.54, 1.807) is 24.3 Å². The third kappa shape index (κ3) is 3.63. The molecule has 0 amide bonds. The van der Waals surface area contributed by atoms with Crippen molar-refractivity contribution in [2.24, 2.45) is 0 Å². The number of rotatable bonds is 4. The van der Waals surface area contributed by atoms with Gasteiger partial charge in [0.05, 0.1) is 5.02 Å². The van der Waals surface area contributed by atoms with E-state index < -0.39 is 0 Å². The first-order valence-corrected chi connectivity index (χ1v) is 6.44. The number of benzene rings is 2. The molecule has 0 fully saturated rings. The Bertz CT molecular complexity index is 572. The van der Waals surface area contributed by atoms with Crippen LogP contribution in [0.1, 0.15) is 24.1 Å². The maximum atomic E-state index is 9.44. The molecule has 1 unspecified atom stereocenters. The maximum Gasteiger partial charge on any atom is 0.134 e. The lowest BCUT2D eigenvalue weighted by atomic mass is 10.1. The van der Waals surface area contributed by atoms with Crippen molar-refractivity contribution in [2.75, 3.05) is 0 Å². The van der Waals surface area contributed by atoms with Gasteiger partial charge in [-0.2, -0.15) is 0 Å². The van der Waals surface area contributed by atoms with Crippen molar-refractivity contribution in [3.05, 3.63) is 58.6 Å². The molecule has 0 aromatic heterocycles. The lowest BCUT2D eigenvalue weighted by molar-refractivity contribution is 0.471. The van der Waals surface area contributed by atoms with Crippen LogP contribution in [0.15, 0.2) is 42.5 Å². The van der Waals surface area contributed by atoms with Crippen LogP contribution < -0.4 is 5.32 Å². The predicted octanol–water partition coefficient (Wildman–Crippen LogP) is 3.60. The molecule has 3 N–H and O–H groups in total. The number of nitrogens with one attached hydrogen (secondary N) is 1. The Kier molecular flexibility index (Phi) is 4.30. The van der Waals surface area contributed by atoms with Crippen LogP contribution >= 0.6 is 11.6 Å². The van der Waals surface area contributed by atoms with Gasteiger partial charge in [0.2, 0.25) is 0 Å². The molecule has 3 nitrogen and oxygen atoms in total. The summed E-state index contributed by atoms with van der Waals surface area (Å²) >= 11 is 5.86. The molecule has 2 aromatic rings. The van der Waals surface area contributed by atoms with Gasteiger partial charge >= 0.3 is 0 Å². The van der Waals surface area contributed by atoms with Crippen molar-refractivity contribution in [1.29, 1.82) is 0 Å². The number of hydrogen-bond acceptors (Lipinski definition) is 3. The third-order valence-corrected chi connectivity index (χ3v) is 3.30. The summed E-state index contributed by atoms with van der Waals surface area (Å²) < 4.78 is 0. The van der Waals surface area contributed by atoms with Gasteiger partial charge in [0.1, 0.15) is 11.5 Å². The zero-order valence-electron chi connectivity index (χ0n) is 10.6. The molecule has 0 radical (unpaired) electrons. The number of hydrogen-bond donors (Lipinski definition) is 3. The Morgan fingerprint density at radius 2 is 1.95 bits per heavy atom. The average molecular weight is 278 g/mol. The summed E-state index contributed by atoms with van der Waals surface area (Å²) in [7, 11) is 0. The maximum absolute atomic E-state index is 9.44. The molecule has 0 aliphatic rings. The van der Waals surface area contributed by atoms with Gasteiger partial charge in [0.15, 0.2) is 0 Å². The summed E-state index contributed by atoms with van der Waals surface area (Å²) in [5.74, 6) is 0.352. The molecule has 2 aromatic carbocycles. The van der Waals surface area contributed by atoms with Gasteiger partial charge in [-0.15, -0.1) is 0 Å². The van der Waals surface area contributed by atoms with Crippen molar-refractivity contribution in [1.82, 2.24) is 5.32 Å². The lowest BCUT2D eigenvalue weighted by Crippen LogP contribution is -2.17. The highest BCUT2D eigenvalue weighted by Gasteiger charge is 2.06. The number of phenols is 2. The number of aromatic hydroxyl groups is 2. The van der Waals surface area contributed by atoms with Crippen LogP contribution in [-0.2, 0) is 6.54 Å². The largest absolute Gasteiger partial charge is 0.508 e. The Morgan fingerprint density at radius 3 is 2.63 bits per heavy atom. The fourth-order valence-electron chi connectivity index (χ4n) is 1.84. The van der Waals surface area contributed by atoms with Crippen LogP contribution in [-0.4, -0.2) is 10.2 Å². The van der Waals surface area contributed by atoms with E-state index >= 15 is 0 Å². The van der Waals surface area contributed by atoms with Gasteiger partial charge in [-0.05, 0) is 42.3 Å². The molecule has 4 heteroatoms. The minimum absolute atomic E-state index is 0.0893.